The summed E-state index contributed by atoms with van der Waals surface area (Å²) in [6.45, 7) is 1.77. The fraction of sp³-hybridized carbons (Fsp3) is 0.474. The van der Waals surface area contributed by atoms with Gasteiger partial charge in [-0.1, -0.05) is 12.1 Å². The Labute approximate surface area is 152 Å². The van der Waals surface area contributed by atoms with Crippen molar-refractivity contribution in [2.45, 2.75) is 25.0 Å². The minimum absolute atomic E-state index is 0.0323. The van der Waals surface area contributed by atoms with Crippen LogP contribution in [0.1, 0.15) is 24.4 Å². The lowest BCUT2D eigenvalue weighted by Gasteiger charge is -2.31. The van der Waals surface area contributed by atoms with Gasteiger partial charge in [-0.15, -0.1) is 0 Å². The van der Waals surface area contributed by atoms with Gasteiger partial charge in [0.15, 0.2) is 0 Å². The molecule has 3 aliphatic heterocycles. The molecular formula is C19H23N3O4. The number of carbonyl (C=O) groups excluding carboxylic acids is 2. The first-order valence-corrected chi connectivity index (χ1v) is 8.90. The Morgan fingerprint density at radius 3 is 2.92 bits per heavy atom. The summed E-state index contributed by atoms with van der Waals surface area (Å²) in [4.78, 5) is 28.9. The SMILES string of the molecule is COc1cccc([C@H]2NC(=O)N(C)C3=C2C(=O)N(C[C@H]2CCCO2)C3)c1. The van der Waals surface area contributed by atoms with Crippen LogP contribution in [-0.4, -0.2) is 61.7 Å². The zero-order chi connectivity index (χ0) is 18.3. The van der Waals surface area contributed by atoms with Crippen molar-refractivity contribution in [2.75, 3.05) is 33.9 Å². The quantitative estimate of drug-likeness (QED) is 0.890. The Balaban J connectivity index is 1.65. The number of amides is 3. The van der Waals surface area contributed by atoms with E-state index in [0.717, 1.165) is 30.7 Å². The normalized spacial score (nSPS) is 25.6. The van der Waals surface area contributed by atoms with E-state index in [1.807, 2.05) is 24.3 Å². The molecule has 7 heteroatoms. The molecule has 138 valence electrons. The third-order valence-corrected chi connectivity index (χ3v) is 5.31. The van der Waals surface area contributed by atoms with Gasteiger partial charge in [0.05, 0.1) is 37.1 Å². The number of nitrogens with zero attached hydrogens (tertiary/aromatic N) is 2. The van der Waals surface area contributed by atoms with Crippen molar-refractivity contribution in [1.29, 1.82) is 0 Å². The number of rotatable bonds is 4. The highest BCUT2D eigenvalue weighted by Crippen LogP contribution is 2.36. The monoisotopic (exact) mass is 357 g/mol. The number of nitrogens with one attached hydrogen (secondary N) is 1. The van der Waals surface area contributed by atoms with Crippen molar-refractivity contribution in [3.8, 4) is 5.75 Å². The molecule has 26 heavy (non-hydrogen) atoms. The molecule has 7 nitrogen and oxygen atoms in total. The molecule has 1 aromatic carbocycles. The van der Waals surface area contributed by atoms with Gasteiger partial charge in [0.1, 0.15) is 5.75 Å². The summed E-state index contributed by atoms with van der Waals surface area (Å²) in [5.41, 5.74) is 2.24. The fourth-order valence-electron chi connectivity index (χ4n) is 3.88. The van der Waals surface area contributed by atoms with E-state index in [9.17, 15) is 9.59 Å². The van der Waals surface area contributed by atoms with Gasteiger partial charge in [0.2, 0.25) is 0 Å². The average Bonchev–Trinajstić information content (AvgIpc) is 3.27. The number of hydrogen-bond acceptors (Lipinski definition) is 4. The molecule has 0 spiro atoms. The minimum Gasteiger partial charge on any atom is -0.497 e. The zero-order valence-corrected chi connectivity index (χ0v) is 15.0. The van der Waals surface area contributed by atoms with E-state index in [0.29, 0.717) is 24.4 Å². The molecular weight excluding hydrogens is 334 g/mol. The molecule has 1 aromatic rings. The molecule has 0 saturated carbocycles. The summed E-state index contributed by atoms with van der Waals surface area (Å²) >= 11 is 0. The van der Waals surface area contributed by atoms with Crippen molar-refractivity contribution in [3.63, 3.8) is 0 Å². The van der Waals surface area contributed by atoms with Crippen LogP contribution < -0.4 is 10.1 Å². The van der Waals surface area contributed by atoms with Crippen molar-refractivity contribution in [1.82, 2.24) is 15.1 Å². The van der Waals surface area contributed by atoms with Crippen LogP contribution in [0.25, 0.3) is 0 Å². The smallest absolute Gasteiger partial charge is 0.322 e. The summed E-state index contributed by atoms with van der Waals surface area (Å²) in [5.74, 6) is 0.662. The molecule has 0 radical (unpaired) electrons. The summed E-state index contributed by atoms with van der Waals surface area (Å²) in [6.07, 6.45) is 2.09. The Morgan fingerprint density at radius 1 is 1.35 bits per heavy atom. The summed E-state index contributed by atoms with van der Waals surface area (Å²) < 4.78 is 11.0. The lowest BCUT2D eigenvalue weighted by atomic mass is 9.95. The predicted molar refractivity (Wildman–Crippen MR) is 94.6 cm³/mol. The maximum Gasteiger partial charge on any atom is 0.322 e. The minimum atomic E-state index is -0.467. The molecule has 4 rings (SSSR count). The lowest BCUT2D eigenvalue weighted by Crippen LogP contribution is -2.45. The van der Waals surface area contributed by atoms with E-state index in [1.54, 1.807) is 24.0 Å². The largest absolute Gasteiger partial charge is 0.497 e. The molecule has 1 fully saturated rings. The van der Waals surface area contributed by atoms with Crippen molar-refractivity contribution in [3.05, 3.63) is 41.1 Å². The summed E-state index contributed by atoms with van der Waals surface area (Å²) in [6, 6.07) is 6.79. The predicted octanol–water partition coefficient (Wildman–Crippen LogP) is 1.67. The van der Waals surface area contributed by atoms with Gasteiger partial charge < -0.3 is 19.7 Å². The molecule has 0 unspecified atom stereocenters. The summed E-state index contributed by atoms with van der Waals surface area (Å²) in [7, 11) is 3.30. The van der Waals surface area contributed by atoms with Crippen LogP contribution in [0.4, 0.5) is 4.79 Å². The highest BCUT2D eigenvalue weighted by molar-refractivity contribution is 6.01. The zero-order valence-electron chi connectivity index (χ0n) is 15.0. The first-order chi connectivity index (χ1) is 12.6. The highest BCUT2D eigenvalue weighted by atomic mass is 16.5. The van der Waals surface area contributed by atoms with Crippen LogP contribution in [0.2, 0.25) is 0 Å². The Bertz CT molecular complexity index is 770. The number of benzene rings is 1. The topological polar surface area (TPSA) is 71.1 Å². The molecule has 2 atom stereocenters. The van der Waals surface area contributed by atoms with Crippen molar-refractivity contribution in [2.24, 2.45) is 0 Å². The maximum atomic E-state index is 13.1. The molecule has 3 heterocycles. The van der Waals surface area contributed by atoms with E-state index in [4.69, 9.17) is 9.47 Å². The van der Waals surface area contributed by atoms with E-state index in [2.05, 4.69) is 5.32 Å². The highest BCUT2D eigenvalue weighted by Gasteiger charge is 2.43. The molecule has 3 aliphatic rings. The molecule has 0 aliphatic carbocycles. The number of likely N-dealkylation sites (N-methyl/N-ethyl adjacent to an activating group) is 1. The van der Waals surface area contributed by atoms with Gasteiger partial charge in [-0.2, -0.15) is 0 Å². The Morgan fingerprint density at radius 2 is 2.19 bits per heavy atom. The number of urea groups is 1. The number of carbonyl (C=O) groups is 2. The number of hydrogen-bond donors (Lipinski definition) is 1. The molecule has 1 N–H and O–H groups in total. The first kappa shape index (κ1) is 16.9. The van der Waals surface area contributed by atoms with Crippen LogP contribution in [0.15, 0.2) is 35.5 Å². The second-order valence-electron chi connectivity index (χ2n) is 6.90. The lowest BCUT2D eigenvalue weighted by molar-refractivity contribution is -0.127. The number of ether oxygens (including phenoxy) is 2. The van der Waals surface area contributed by atoms with E-state index >= 15 is 0 Å². The van der Waals surface area contributed by atoms with Crippen LogP contribution in [0.5, 0.6) is 5.75 Å². The maximum absolute atomic E-state index is 13.1. The van der Waals surface area contributed by atoms with Crippen LogP contribution in [-0.2, 0) is 9.53 Å². The molecule has 0 aromatic heterocycles. The van der Waals surface area contributed by atoms with Crippen LogP contribution >= 0.6 is 0 Å². The second-order valence-corrected chi connectivity index (χ2v) is 6.90. The van der Waals surface area contributed by atoms with Crippen molar-refractivity contribution < 1.29 is 19.1 Å². The van der Waals surface area contributed by atoms with Gasteiger partial charge >= 0.3 is 6.03 Å². The third kappa shape index (κ3) is 2.82. The van der Waals surface area contributed by atoms with E-state index in [1.165, 1.54) is 0 Å². The second kappa shape index (κ2) is 6.64. The molecule has 1 saturated heterocycles. The average molecular weight is 357 g/mol. The van der Waals surface area contributed by atoms with Crippen LogP contribution in [0.3, 0.4) is 0 Å². The third-order valence-electron chi connectivity index (χ3n) is 5.31. The summed E-state index contributed by atoms with van der Waals surface area (Å²) in [5, 5.41) is 2.94. The van der Waals surface area contributed by atoms with Gasteiger partial charge in [-0.25, -0.2) is 4.79 Å². The van der Waals surface area contributed by atoms with Gasteiger partial charge in [0.25, 0.3) is 5.91 Å². The first-order valence-electron chi connectivity index (χ1n) is 8.90. The fourth-order valence-corrected chi connectivity index (χ4v) is 3.88. The van der Waals surface area contributed by atoms with Crippen LogP contribution in [0, 0.1) is 0 Å². The number of methoxy groups -OCH3 is 1. The van der Waals surface area contributed by atoms with E-state index in [-0.39, 0.29) is 18.0 Å². The molecule has 0 bridgehead atoms. The molecule has 3 amide bonds. The van der Waals surface area contributed by atoms with E-state index < -0.39 is 6.04 Å². The Hall–Kier alpha value is -2.54. The Kier molecular flexibility index (Phi) is 4.32. The van der Waals surface area contributed by atoms with Gasteiger partial charge in [-0.3, -0.25) is 9.69 Å². The van der Waals surface area contributed by atoms with Crippen molar-refractivity contribution >= 4 is 11.9 Å². The standard InChI is InChI=1S/C19H23N3O4/c1-21-15-11-22(10-14-7-4-8-26-14)18(23)16(15)17(20-19(21)24)12-5-3-6-13(9-12)25-2/h3,5-6,9,14,17H,4,7-8,10-11H2,1-2H3,(H,20,24)/t14-,17-/m1/s1. The van der Waals surface area contributed by atoms with Gasteiger partial charge in [-0.05, 0) is 30.5 Å². The van der Waals surface area contributed by atoms with Gasteiger partial charge in [0, 0.05) is 20.2 Å².